The molecule has 0 unspecified atom stereocenters. The number of aliphatic hydroxyl groups is 1. The van der Waals surface area contributed by atoms with Crippen LogP contribution in [0.3, 0.4) is 0 Å². The first kappa shape index (κ1) is 26.8. The van der Waals surface area contributed by atoms with Gasteiger partial charge < -0.3 is 35.7 Å². The summed E-state index contributed by atoms with van der Waals surface area (Å²) in [5.41, 5.74) is 7.17. The fraction of sp³-hybridized carbons (Fsp3) is 0.296. The molecule has 1 aliphatic heterocycles. The number of anilines is 2. The van der Waals surface area contributed by atoms with Crippen LogP contribution < -0.4 is 36.2 Å². The number of ether oxygens (including phenoxy) is 3. The summed E-state index contributed by atoms with van der Waals surface area (Å²) < 4.78 is 18.6. The largest absolute Gasteiger partial charge is 0.491 e. The van der Waals surface area contributed by atoms with Gasteiger partial charge in [0.15, 0.2) is 17.2 Å². The first-order valence-electron chi connectivity index (χ1n) is 12.7. The van der Waals surface area contributed by atoms with E-state index < -0.39 is 12.2 Å². The average molecular weight is 547 g/mol. The van der Waals surface area contributed by atoms with Crippen molar-refractivity contribution in [2.24, 2.45) is 4.99 Å². The van der Waals surface area contributed by atoms with Crippen molar-refractivity contribution in [3.8, 4) is 17.2 Å². The van der Waals surface area contributed by atoms with Crippen molar-refractivity contribution in [1.29, 1.82) is 0 Å². The molecule has 0 spiro atoms. The van der Waals surface area contributed by atoms with Crippen LogP contribution in [0.5, 0.6) is 17.2 Å². The van der Waals surface area contributed by atoms with Crippen LogP contribution >= 0.6 is 0 Å². The Kier molecular flexibility index (Phi) is 8.03. The van der Waals surface area contributed by atoms with Gasteiger partial charge in [0, 0.05) is 31.1 Å². The van der Waals surface area contributed by atoms with Crippen molar-refractivity contribution < 1.29 is 24.1 Å². The van der Waals surface area contributed by atoms with Crippen molar-refractivity contribution in [3.63, 3.8) is 0 Å². The molecule has 1 amide bonds. The molecule has 40 heavy (non-hydrogen) atoms. The van der Waals surface area contributed by atoms with Crippen LogP contribution in [0.1, 0.15) is 18.5 Å². The molecule has 2 aromatic heterocycles. The second-order valence-corrected chi connectivity index (χ2v) is 9.09. The van der Waals surface area contributed by atoms with Crippen LogP contribution in [0, 0.1) is 0 Å². The van der Waals surface area contributed by atoms with E-state index in [1.54, 1.807) is 10.6 Å². The summed E-state index contributed by atoms with van der Waals surface area (Å²) in [4.78, 5) is 28.8. The number of hydrogen-bond acceptors (Lipinski definition) is 11. The first-order valence-corrected chi connectivity index (χ1v) is 12.7. The predicted octanol–water partition coefficient (Wildman–Crippen LogP) is 2.03. The number of amides is 1. The fourth-order valence-electron chi connectivity index (χ4n) is 4.35. The maximum absolute atomic E-state index is 12.6. The third-order valence-corrected chi connectivity index (χ3v) is 6.34. The molecule has 1 aliphatic rings. The highest BCUT2D eigenvalue weighted by molar-refractivity contribution is 5.95. The summed E-state index contributed by atoms with van der Waals surface area (Å²) in [6.07, 6.45) is 0.895. The molecule has 2 aromatic carbocycles. The zero-order chi connectivity index (χ0) is 28.1. The number of nitrogen functional groups attached to an aromatic ring is 1. The minimum absolute atomic E-state index is 0.0293. The van der Waals surface area contributed by atoms with Crippen LogP contribution in [-0.4, -0.2) is 63.6 Å². The second kappa shape index (κ2) is 12.0. The number of methoxy groups -OCH3 is 1. The van der Waals surface area contributed by atoms with E-state index in [4.69, 9.17) is 19.9 Å². The highest BCUT2D eigenvalue weighted by atomic mass is 16.5. The van der Waals surface area contributed by atoms with Crippen molar-refractivity contribution in [3.05, 3.63) is 66.0 Å². The van der Waals surface area contributed by atoms with E-state index >= 15 is 0 Å². The molecular weight excluding hydrogens is 516 g/mol. The molecule has 13 nitrogen and oxygen atoms in total. The number of benzene rings is 2. The zero-order valence-corrected chi connectivity index (χ0v) is 22.1. The molecule has 0 fully saturated rings. The lowest BCUT2D eigenvalue weighted by atomic mass is 10.1. The van der Waals surface area contributed by atoms with Gasteiger partial charge in [0.1, 0.15) is 24.0 Å². The summed E-state index contributed by atoms with van der Waals surface area (Å²) in [7, 11) is 1.50. The van der Waals surface area contributed by atoms with Crippen LogP contribution in [0.25, 0.3) is 10.9 Å². The summed E-state index contributed by atoms with van der Waals surface area (Å²) in [6, 6.07) is 13.7. The standard InChI is InChI=1S/C27H30N8O5/c1-16(17-6-4-3-5-7-17)30-12-18(36)15-39-21-9-8-20-22(23(21)38-2)33-26(35-11-10-29-24(20)35)34-27(37)40-19-13-31-25(28)32-14-19/h3-9,13-14,16,18,29-30,36H,10-12,15H2,1-2H3,(H2,28,31,32)/t16-,18+/m0/s1. The lowest BCUT2D eigenvalue weighted by Gasteiger charge is -2.19. The summed E-state index contributed by atoms with van der Waals surface area (Å²) in [5, 5.41) is 17.9. The van der Waals surface area contributed by atoms with Gasteiger partial charge in [-0.15, -0.1) is 4.99 Å². The highest BCUT2D eigenvalue weighted by Gasteiger charge is 2.21. The Labute approximate surface area is 229 Å². The zero-order valence-electron chi connectivity index (χ0n) is 22.1. The van der Waals surface area contributed by atoms with Gasteiger partial charge in [-0.2, -0.15) is 0 Å². The lowest BCUT2D eigenvalue weighted by molar-refractivity contribution is 0.102. The van der Waals surface area contributed by atoms with E-state index in [2.05, 4.69) is 30.6 Å². The van der Waals surface area contributed by atoms with Gasteiger partial charge in [0.2, 0.25) is 11.6 Å². The third-order valence-electron chi connectivity index (χ3n) is 6.34. The van der Waals surface area contributed by atoms with E-state index in [0.717, 1.165) is 16.8 Å². The first-order chi connectivity index (χ1) is 19.4. The van der Waals surface area contributed by atoms with Gasteiger partial charge in [-0.3, -0.25) is 4.57 Å². The molecule has 13 heteroatoms. The summed E-state index contributed by atoms with van der Waals surface area (Å²) >= 11 is 0. The molecule has 0 radical (unpaired) electrons. The SMILES string of the molecule is COc1c(OC[C@H](O)CN[C@@H](C)c2ccccc2)ccc2c3n(c(=NC(=O)Oc4cnc(N)nc4)nc12)CCN3. The van der Waals surface area contributed by atoms with E-state index in [-0.39, 0.29) is 30.0 Å². The Bertz CT molecular complexity index is 1560. The number of nitrogens with two attached hydrogens (primary N) is 1. The molecule has 5 N–H and O–H groups in total. The van der Waals surface area contributed by atoms with Crippen molar-refractivity contribution >= 4 is 28.8 Å². The normalized spacial score (nSPS) is 14.3. The number of aliphatic hydroxyl groups excluding tert-OH is 1. The molecular formula is C27H30N8O5. The van der Waals surface area contributed by atoms with Crippen molar-refractivity contribution in [2.45, 2.75) is 25.6 Å². The predicted molar refractivity (Wildman–Crippen MR) is 147 cm³/mol. The molecule has 5 rings (SSSR count). The molecule has 0 bridgehead atoms. The van der Waals surface area contributed by atoms with Gasteiger partial charge in [-0.1, -0.05) is 30.3 Å². The van der Waals surface area contributed by atoms with Crippen LogP contribution in [0.2, 0.25) is 0 Å². The number of fused-ring (bicyclic) bond motifs is 3. The topological polar surface area (TPSA) is 171 Å². The minimum atomic E-state index is -0.895. The molecule has 0 saturated carbocycles. The van der Waals surface area contributed by atoms with Crippen molar-refractivity contribution in [2.75, 3.05) is 37.9 Å². The number of hydrogen-bond donors (Lipinski definition) is 4. The smallest absolute Gasteiger partial charge is 0.442 e. The van der Waals surface area contributed by atoms with Gasteiger partial charge in [-0.25, -0.2) is 19.7 Å². The van der Waals surface area contributed by atoms with Gasteiger partial charge >= 0.3 is 6.09 Å². The maximum Gasteiger partial charge on any atom is 0.442 e. The maximum atomic E-state index is 12.6. The van der Waals surface area contributed by atoms with Crippen LogP contribution in [0.15, 0.2) is 59.9 Å². The molecule has 208 valence electrons. The fourth-order valence-corrected chi connectivity index (χ4v) is 4.35. The number of carbonyl (C=O) groups excluding carboxylic acids is 1. The Balaban J connectivity index is 1.36. The van der Waals surface area contributed by atoms with E-state index in [0.29, 0.717) is 36.6 Å². The molecule has 0 aliphatic carbocycles. The molecule has 4 aromatic rings. The Morgan fingerprint density at radius 1 is 1.23 bits per heavy atom. The van der Waals surface area contributed by atoms with E-state index in [1.165, 1.54) is 19.5 Å². The quantitative estimate of drug-likeness (QED) is 0.242. The number of nitrogens with zero attached hydrogens (tertiary/aromatic N) is 5. The molecule has 0 saturated heterocycles. The van der Waals surface area contributed by atoms with E-state index in [9.17, 15) is 9.90 Å². The Morgan fingerprint density at radius 2 is 2.00 bits per heavy atom. The number of rotatable bonds is 9. The van der Waals surface area contributed by atoms with Gasteiger partial charge in [0.05, 0.1) is 19.5 Å². The molecule has 2 atom stereocenters. The third kappa shape index (κ3) is 5.95. The summed E-state index contributed by atoms with van der Waals surface area (Å²) in [5.74, 6) is 1.64. The minimum Gasteiger partial charge on any atom is -0.491 e. The number of aromatic nitrogens is 4. The van der Waals surface area contributed by atoms with Gasteiger partial charge in [-0.05, 0) is 24.6 Å². The average Bonchev–Trinajstić information content (AvgIpc) is 3.47. The highest BCUT2D eigenvalue weighted by Crippen LogP contribution is 2.37. The number of nitrogens with one attached hydrogen (secondary N) is 2. The van der Waals surface area contributed by atoms with E-state index in [1.807, 2.05) is 43.3 Å². The Morgan fingerprint density at radius 3 is 2.75 bits per heavy atom. The number of carbonyl (C=O) groups is 1. The molecule has 3 heterocycles. The summed E-state index contributed by atoms with van der Waals surface area (Å²) in [6.45, 7) is 3.58. The van der Waals surface area contributed by atoms with Crippen LogP contribution in [0.4, 0.5) is 16.6 Å². The monoisotopic (exact) mass is 546 g/mol. The Hall–Kier alpha value is -4.75. The van der Waals surface area contributed by atoms with Crippen LogP contribution in [-0.2, 0) is 6.54 Å². The lowest BCUT2D eigenvalue weighted by Crippen LogP contribution is -2.33. The second-order valence-electron chi connectivity index (χ2n) is 9.09. The van der Waals surface area contributed by atoms with Gasteiger partial charge in [0.25, 0.3) is 0 Å². The van der Waals surface area contributed by atoms with Crippen molar-refractivity contribution in [1.82, 2.24) is 24.8 Å².